The van der Waals surface area contributed by atoms with Crippen LogP contribution >= 0.6 is 0 Å². The third-order valence-corrected chi connectivity index (χ3v) is 4.18. The number of hydrogen-bond donors (Lipinski definition) is 1. The van der Waals surface area contributed by atoms with Crippen LogP contribution in [0.25, 0.3) is 0 Å². The standard InChI is InChI=1S/C17H29N3/c1-3-7-16-8-5-6-12-20(16)17-9-11-19-14-15(17)13-18-10-4-2/h9,11,14,16,18H,3-8,10,12-13H2,1-2H3. The second-order valence-electron chi connectivity index (χ2n) is 5.81. The Morgan fingerprint density at radius 1 is 1.30 bits per heavy atom. The van der Waals surface area contributed by atoms with Crippen molar-refractivity contribution in [3.05, 3.63) is 24.0 Å². The van der Waals surface area contributed by atoms with Gasteiger partial charge in [-0.15, -0.1) is 0 Å². The Morgan fingerprint density at radius 2 is 2.20 bits per heavy atom. The molecule has 0 bridgehead atoms. The van der Waals surface area contributed by atoms with Crippen molar-refractivity contribution in [3.8, 4) is 0 Å². The Balaban J connectivity index is 2.12. The van der Waals surface area contributed by atoms with E-state index < -0.39 is 0 Å². The summed E-state index contributed by atoms with van der Waals surface area (Å²) in [4.78, 5) is 6.96. The molecule has 1 aromatic heterocycles. The van der Waals surface area contributed by atoms with Crippen LogP contribution < -0.4 is 10.2 Å². The van der Waals surface area contributed by atoms with E-state index in [4.69, 9.17) is 0 Å². The summed E-state index contributed by atoms with van der Waals surface area (Å²) >= 11 is 0. The fraction of sp³-hybridized carbons (Fsp3) is 0.706. The molecule has 20 heavy (non-hydrogen) atoms. The molecular weight excluding hydrogens is 246 g/mol. The summed E-state index contributed by atoms with van der Waals surface area (Å²) in [7, 11) is 0. The Morgan fingerprint density at radius 3 is 3.00 bits per heavy atom. The molecule has 1 aromatic rings. The molecule has 0 aromatic carbocycles. The molecular formula is C17H29N3. The van der Waals surface area contributed by atoms with Crippen molar-refractivity contribution in [1.82, 2.24) is 10.3 Å². The van der Waals surface area contributed by atoms with Crippen LogP contribution in [0.15, 0.2) is 18.5 Å². The van der Waals surface area contributed by atoms with E-state index in [0.717, 1.165) is 19.1 Å². The van der Waals surface area contributed by atoms with Crippen molar-refractivity contribution in [1.29, 1.82) is 0 Å². The number of aromatic nitrogens is 1. The van der Waals surface area contributed by atoms with Crippen LogP contribution in [-0.2, 0) is 6.54 Å². The van der Waals surface area contributed by atoms with E-state index in [1.54, 1.807) is 0 Å². The molecule has 0 spiro atoms. The summed E-state index contributed by atoms with van der Waals surface area (Å²) in [5, 5.41) is 3.51. The molecule has 1 aliphatic heterocycles. The Hall–Kier alpha value is -1.09. The van der Waals surface area contributed by atoms with E-state index in [2.05, 4.69) is 35.1 Å². The molecule has 0 radical (unpaired) electrons. The minimum Gasteiger partial charge on any atom is -0.368 e. The Kier molecular flexibility index (Phi) is 6.31. The van der Waals surface area contributed by atoms with Gasteiger partial charge in [-0.25, -0.2) is 0 Å². The number of piperidine rings is 1. The van der Waals surface area contributed by atoms with Gasteiger partial charge in [0.2, 0.25) is 0 Å². The molecule has 0 aliphatic carbocycles. The minimum atomic E-state index is 0.723. The average Bonchev–Trinajstić information content (AvgIpc) is 2.49. The molecule has 1 saturated heterocycles. The third kappa shape index (κ3) is 3.95. The normalized spacial score (nSPS) is 19.3. The van der Waals surface area contributed by atoms with E-state index in [1.807, 2.05) is 12.4 Å². The highest BCUT2D eigenvalue weighted by molar-refractivity contribution is 5.53. The molecule has 0 amide bonds. The SMILES string of the molecule is CCCNCc1cnccc1N1CCCCC1CCC. The highest BCUT2D eigenvalue weighted by Gasteiger charge is 2.23. The van der Waals surface area contributed by atoms with Crippen molar-refractivity contribution >= 4 is 5.69 Å². The topological polar surface area (TPSA) is 28.2 Å². The summed E-state index contributed by atoms with van der Waals surface area (Å²) in [6, 6.07) is 2.93. The molecule has 3 heteroatoms. The fourth-order valence-electron chi connectivity index (χ4n) is 3.19. The molecule has 1 fully saturated rings. The maximum Gasteiger partial charge on any atom is 0.0445 e. The molecule has 2 rings (SSSR count). The molecule has 1 atom stereocenters. The summed E-state index contributed by atoms with van der Waals surface area (Å²) in [5.41, 5.74) is 2.76. The lowest BCUT2D eigenvalue weighted by Crippen LogP contribution is -2.40. The van der Waals surface area contributed by atoms with Crippen LogP contribution in [0.4, 0.5) is 5.69 Å². The van der Waals surface area contributed by atoms with Gasteiger partial charge in [-0.1, -0.05) is 20.3 Å². The summed E-state index contributed by atoms with van der Waals surface area (Å²) in [6.45, 7) is 7.72. The number of nitrogens with zero attached hydrogens (tertiary/aromatic N) is 2. The summed E-state index contributed by atoms with van der Waals surface area (Å²) in [6.07, 6.45) is 11.8. The summed E-state index contributed by atoms with van der Waals surface area (Å²) < 4.78 is 0. The van der Waals surface area contributed by atoms with E-state index in [0.29, 0.717) is 0 Å². The zero-order valence-corrected chi connectivity index (χ0v) is 13.1. The van der Waals surface area contributed by atoms with Gasteiger partial charge in [-0.2, -0.15) is 0 Å². The second-order valence-corrected chi connectivity index (χ2v) is 5.81. The second kappa shape index (κ2) is 8.25. The maximum atomic E-state index is 4.32. The molecule has 1 aliphatic rings. The summed E-state index contributed by atoms with van der Waals surface area (Å²) in [5.74, 6) is 0. The molecule has 1 N–H and O–H groups in total. The van der Waals surface area contributed by atoms with Gasteiger partial charge in [0, 0.05) is 42.8 Å². The maximum absolute atomic E-state index is 4.32. The monoisotopic (exact) mass is 275 g/mol. The van der Waals surface area contributed by atoms with E-state index >= 15 is 0 Å². The molecule has 1 unspecified atom stereocenters. The zero-order chi connectivity index (χ0) is 14.2. The van der Waals surface area contributed by atoms with E-state index in [1.165, 1.54) is 56.3 Å². The fourth-order valence-corrected chi connectivity index (χ4v) is 3.19. The smallest absolute Gasteiger partial charge is 0.0445 e. The van der Waals surface area contributed by atoms with Crippen LogP contribution in [0, 0.1) is 0 Å². The first kappa shape index (κ1) is 15.3. The highest BCUT2D eigenvalue weighted by Crippen LogP contribution is 2.29. The largest absolute Gasteiger partial charge is 0.368 e. The van der Waals surface area contributed by atoms with Crippen molar-refractivity contribution in [2.24, 2.45) is 0 Å². The number of nitrogens with one attached hydrogen (secondary N) is 1. The van der Waals surface area contributed by atoms with Crippen molar-refractivity contribution in [2.45, 2.75) is 65.0 Å². The zero-order valence-electron chi connectivity index (χ0n) is 13.1. The predicted octanol–water partition coefficient (Wildman–Crippen LogP) is 3.74. The van der Waals surface area contributed by atoms with Crippen molar-refractivity contribution in [2.75, 3.05) is 18.0 Å². The lowest BCUT2D eigenvalue weighted by molar-refractivity contribution is 0.433. The van der Waals surface area contributed by atoms with Gasteiger partial charge in [0.15, 0.2) is 0 Å². The lowest BCUT2D eigenvalue weighted by Gasteiger charge is -2.38. The van der Waals surface area contributed by atoms with Gasteiger partial charge in [0.1, 0.15) is 0 Å². The molecule has 3 nitrogen and oxygen atoms in total. The minimum absolute atomic E-state index is 0.723. The first-order chi connectivity index (χ1) is 9.86. The molecule has 2 heterocycles. The van der Waals surface area contributed by atoms with E-state index in [9.17, 15) is 0 Å². The number of rotatable bonds is 7. The van der Waals surface area contributed by atoms with Gasteiger partial charge in [-0.05, 0) is 44.7 Å². The quantitative estimate of drug-likeness (QED) is 0.768. The van der Waals surface area contributed by atoms with Gasteiger partial charge in [0.05, 0.1) is 0 Å². The highest BCUT2D eigenvalue weighted by atomic mass is 15.2. The Bertz CT molecular complexity index is 390. The number of anilines is 1. The van der Waals surface area contributed by atoms with Gasteiger partial charge >= 0.3 is 0 Å². The molecule has 0 saturated carbocycles. The first-order valence-corrected chi connectivity index (χ1v) is 8.27. The van der Waals surface area contributed by atoms with Gasteiger partial charge < -0.3 is 10.2 Å². The van der Waals surface area contributed by atoms with Gasteiger partial charge in [-0.3, -0.25) is 4.98 Å². The van der Waals surface area contributed by atoms with Gasteiger partial charge in [0.25, 0.3) is 0 Å². The first-order valence-electron chi connectivity index (χ1n) is 8.27. The van der Waals surface area contributed by atoms with E-state index in [-0.39, 0.29) is 0 Å². The third-order valence-electron chi connectivity index (χ3n) is 4.18. The average molecular weight is 275 g/mol. The lowest BCUT2D eigenvalue weighted by atomic mass is 9.97. The number of pyridine rings is 1. The van der Waals surface area contributed by atoms with Crippen molar-refractivity contribution in [3.63, 3.8) is 0 Å². The van der Waals surface area contributed by atoms with Crippen molar-refractivity contribution < 1.29 is 0 Å². The Labute approximate surface area is 123 Å². The number of hydrogen-bond acceptors (Lipinski definition) is 3. The van der Waals surface area contributed by atoms with Crippen LogP contribution in [0.1, 0.15) is 57.9 Å². The van der Waals surface area contributed by atoms with Crippen LogP contribution in [0.2, 0.25) is 0 Å². The van der Waals surface area contributed by atoms with Crippen LogP contribution in [-0.4, -0.2) is 24.1 Å². The molecule has 112 valence electrons. The van der Waals surface area contributed by atoms with Crippen LogP contribution in [0.5, 0.6) is 0 Å². The van der Waals surface area contributed by atoms with Crippen LogP contribution in [0.3, 0.4) is 0 Å². The predicted molar refractivity (Wildman–Crippen MR) is 86.1 cm³/mol.